The molecule has 20 heavy (non-hydrogen) atoms. The van der Waals surface area contributed by atoms with Crippen molar-refractivity contribution in [1.82, 2.24) is 14.8 Å². The molecule has 0 saturated carbocycles. The van der Waals surface area contributed by atoms with Gasteiger partial charge in [-0.05, 0) is 6.54 Å². The van der Waals surface area contributed by atoms with Crippen molar-refractivity contribution in [1.29, 1.82) is 0 Å². The van der Waals surface area contributed by atoms with Gasteiger partial charge in [-0.2, -0.15) is 18.3 Å². The lowest BCUT2D eigenvalue weighted by Crippen LogP contribution is -2.21. The molecule has 0 radical (unpaired) electrons. The predicted molar refractivity (Wildman–Crippen MR) is 71.5 cm³/mol. The Balaban J connectivity index is 0.00000200. The van der Waals surface area contributed by atoms with Crippen molar-refractivity contribution in [3.8, 4) is 11.4 Å². The third-order valence-corrected chi connectivity index (χ3v) is 2.48. The maximum atomic E-state index is 12.5. The average molecular weight is 307 g/mol. The first-order valence-corrected chi connectivity index (χ1v) is 5.75. The number of nitrogens with zero attached hydrogens (tertiary/aromatic N) is 3. The Bertz CT molecular complexity index is 539. The van der Waals surface area contributed by atoms with Crippen LogP contribution in [0.1, 0.15) is 5.82 Å². The van der Waals surface area contributed by atoms with Crippen molar-refractivity contribution < 1.29 is 13.2 Å². The number of halogens is 4. The minimum Gasteiger partial charge on any atom is -0.330 e. The predicted octanol–water partition coefficient (Wildman–Crippen LogP) is 2.43. The second-order valence-corrected chi connectivity index (χ2v) is 4.03. The first-order chi connectivity index (χ1) is 8.99. The highest BCUT2D eigenvalue weighted by molar-refractivity contribution is 5.85. The minimum atomic E-state index is -4.33. The fourth-order valence-electron chi connectivity index (χ4n) is 1.69. The van der Waals surface area contributed by atoms with E-state index >= 15 is 0 Å². The van der Waals surface area contributed by atoms with E-state index in [-0.39, 0.29) is 37.0 Å². The summed E-state index contributed by atoms with van der Waals surface area (Å²) in [6, 6.07) is 8.88. The maximum Gasteiger partial charge on any atom is 0.408 e. The molecule has 0 atom stereocenters. The molecule has 1 aromatic carbocycles. The molecule has 8 heteroatoms. The van der Waals surface area contributed by atoms with Crippen molar-refractivity contribution >= 4 is 12.4 Å². The fraction of sp³-hybridized carbons (Fsp3) is 0.333. The van der Waals surface area contributed by atoms with Crippen LogP contribution in [0.5, 0.6) is 0 Å². The summed E-state index contributed by atoms with van der Waals surface area (Å²) >= 11 is 0. The van der Waals surface area contributed by atoms with Crippen LogP contribution in [-0.2, 0) is 13.0 Å². The van der Waals surface area contributed by atoms with Crippen molar-refractivity contribution in [2.24, 2.45) is 5.73 Å². The molecule has 2 rings (SSSR count). The van der Waals surface area contributed by atoms with Crippen LogP contribution in [0.2, 0.25) is 0 Å². The lowest BCUT2D eigenvalue weighted by atomic mass is 10.2. The number of hydrogen-bond acceptors (Lipinski definition) is 3. The molecule has 0 saturated heterocycles. The summed E-state index contributed by atoms with van der Waals surface area (Å²) in [5.41, 5.74) is 6.06. The van der Waals surface area contributed by atoms with E-state index in [4.69, 9.17) is 5.73 Å². The Kier molecular flexibility index (Phi) is 5.52. The van der Waals surface area contributed by atoms with Gasteiger partial charge in [-0.3, -0.25) is 0 Å². The van der Waals surface area contributed by atoms with Crippen molar-refractivity contribution in [3.05, 3.63) is 36.2 Å². The Morgan fingerprint density at radius 1 is 1.15 bits per heavy atom. The minimum absolute atomic E-state index is 0. The zero-order valence-corrected chi connectivity index (χ0v) is 11.3. The quantitative estimate of drug-likeness (QED) is 0.944. The lowest BCUT2D eigenvalue weighted by Gasteiger charge is -2.07. The molecule has 0 aliphatic heterocycles. The van der Waals surface area contributed by atoms with Crippen molar-refractivity contribution in [3.63, 3.8) is 0 Å². The highest BCUT2D eigenvalue weighted by Crippen LogP contribution is 2.20. The number of aromatic nitrogens is 3. The van der Waals surface area contributed by atoms with Gasteiger partial charge in [0.05, 0.1) is 0 Å². The van der Waals surface area contributed by atoms with Gasteiger partial charge >= 0.3 is 6.18 Å². The molecule has 0 unspecified atom stereocenters. The van der Waals surface area contributed by atoms with E-state index in [1.54, 1.807) is 24.3 Å². The summed E-state index contributed by atoms with van der Waals surface area (Å²) in [5.74, 6) is 0.534. The van der Waals surface area contributed by atoms with Gasteiger partial charge in [0.15, 0.2) is 5.82 Å². The molecular weight excluding hydrogens is 293 g/mol. The van der Waals surface area contributed by atoms with Gasteiger partial charge < -0.3 is 5.73 Å². The normalized spacial score (nSPS) is 11.2. The maximum absolute atomic E-state index is 12.5. The largest absolute Gasteiger partial charge is 0.408 e. The van der Waals surface area contributed by atoms with Crippen LogP contribution in [0.15, 0.2) is 30.3 Å². The van der Waals surface area contributed by atoms with E-state index in [0.29, 0.717) is 5.56 Å². The van der Waals surface area contributed by atoms with Gasteiger partial charge in [-0.15, -0.1) is 12.4 Å². The Hall–Kier alpha value is -1.60. The van der Waals surface area contributed by atoms with Crippen LogP contribution in [0.4, 0.5) is 13.2 Å². The second-order valence-electron chi connectivity index (χ2n) is 4.03. The van der Waals surface area contributed by atoms with Crippen molar-refractivity contribution in [2.75, 3.05) is 6.54 Å². The Labute approximate surface area is 120 Å². The van der Waals surface area contributed by atoms with Gasteiger partial charge in [0.1, 0.15) is 12.4 Å². The number of hydrogen-bond donors (Lipinski definition) is 1. The zero-order chi connectivity index (χ0) is 13.9. The summed E-state index contributed by atoms with van der Waals surface area (Å²) in [5, 5.41) is 3.91. The first kappa shape index (κ1) is 16.5. The number of alkyl halides is 3. The molecule has 0 amide bonds. The molecule has 0 bridgehead atoms. The molecule has 0 spiro atoms. The van der Waals surface area contributed by atoms with Crippen LogP contribution < -0.4 is 5.73 Å². The Morgan fingerprint density at radius 3 is 2.35 bits per heavy atom. The second kappa shape index (κ2) is 6.71. The van der Waals surface area contributed by atoms with Crippen LogP contribution in [0.3, 0.4) is 0 Å². The highest BCUT2D eigenvalue weighted by Gasteiger charge is 2.30. The van der Waals surface area contributed by atoms with E-state index in [9.17, 15) is 13.2 Å². The molecule has 110 valence electrons. The number of benzene rings is 1. The molecule has 1 heterocycles. The highest BCUT2D eigenvalue weighted by atomic mass is 35.5. The van der Waals surface area contributed by atoms with Gasteiger partial charge in [0.2, 0.25) is 0 Å². The summed E-state index contributed by atoms with van der Waals surface area (Å²) < 4.78 is 38.2. The Morgan fingerprint density at radius 2 is 1.80 bits per heavy atom. The number of rotatable bonds is 4. The molecular formula is C12H14ClF3N4. The van der Waals surface area contributed by atoms with E-state index in [1.165, 1.54) is 0 Å². The fourth-order valence-corrected chi connectivity index (χ4v) is 1.69. The molecule has 1 aromatic heterocycles. The molecule has 4 nitrogen and oxygen atoms in total. The number of nitrogens with two attached hydrogens (primary N) is 1. The lowest BCUT2D eigenvalue weighted by molar-refractivity contribution is -0.143. The van der Waals surface area contributed by atoms with E-state index < -0.39 is 12.7 Å². The van der Waals surface area contributed by atoms with E-state index in [0.717, 1.165) is 4.68 Å². The van der Waals surface area contributed by atoms with Gasteiger partial charge in [0.25, 0.3) is 0 Å². The van der Waals surface area contributed by atoms with Crippen LogP contribution in [0, 0.1) is 0 Å². The smallest absolute Gasteiger partial charge is 0.330 e. The first-order valence-electron chi connectivity index (χ1n) is 5.75. The molecule has 0 fully saturated rings. The van der Waals surface area contributed by atoms with Crippen LogP contribution >= 0.6 is 12.4 Å². The SMILES string of the molecule is Cl.NCCc1nc(-c2ccccc2)nn1CC(F)(F)F. The summed E-state index contributed by atoms with van der Waals surface area (Å²) in [6.45, 7) is -0.924. The third kappa shape index (κ3) is 4.21. The summed E-state index contributed by atoms with van der Waals surface area (Å²) in [4.78, 5) is 4.13. The summed E-state index contributed by atoms with van der Waals surface area (Å²) in [7, 11) is 0. The topological polar surface area (TPSA) is 56.7 Å². The molecule has 0 aliphatic rings. The zero-order valence-electron chi connectivity index (χ0n) is 10.5. The van der Waals surface area contributed by atoms with Gasteiger partial charge in [-0.25, -0.2) is 9.67 Å². The van der Waals surface area contributed by atoms with Crippen LogP contribution in [-0.4, -0.2) is 27.5 Å². The average Bonchev–Trinajstić information content (AvgIpc) is 2.72. The molecule has 2 N–H and O–H groups in total. The van der Waals surface area contributed by atoms with E-state index in [2.05, 4.69) is 10.1 Å². The third-order valence-electron chi connectivity index (χ3n) is 2.48. The molecule has 0 aliphatic carbocycles. The van der Waals surface area contributed by atoms with Crippen LogP contribution in [0.25, 0.3) is 11.4 Å². The summed E-state index contributed by atoms with van der Waals surface area (Å²) in [6.07, 6.45) is -4.07. The monoisotopic (exact) mass is 306 g/mol. The van der Waals surface area contributed by atoms with E-state index in [1.807, 2.05) is 6.07 Å². The van der Waals surface area contributed by atoms with Gasteiger partial charge in [-0.1, -0.05) is 30.3 Å². The standard InChI is InChI=1S/C12H13F3N4.ClH/c13-12(14,15)8-19-10(6-7-16)17-11(18-19)9-4-2-1-3-5-9;/h1-5H,6-8,16H2;1H. The van der Waals surface area contributed by atoms with Crippen molar-refractivity contribution in [2.45, 2.75) is 19.1 Å². The van der Waals surface area contributed by atoms with Gasteiger partial charge in [0, 0.05) is 12.0 Å². The molecule has 2 aromatic rings.